The van der Waals surface area contributed by atoms with Crippen LogP contribution in [-0.2, 0) is 10.0 Å². The van der Waals surface area contributed by atoms with E-state index >= 15 is 0 Å². The highest BCUT2D eigenvalue weighted by Crippen LogP contribution is 2.25. The number of likely N-dealkylation sites (tertiary alicyclic amines) is 1. The van der Waals surface area contributed by atoms with Crippen molar-refractivity contribution in [2.24, 2.45) is 0 Å². The lowest BCUT2D eigenvalue weighted by Gasteiger charge is -2.36. The number of ether oxygens (including phenoxy) is 1. The summed E-state index contributed by atoms with van der Waals surface area (Å²) >= 11 is 0. The maximum atomic E-state index is 13.5. The number of nitrogens with zero attached hydrogens (tertiary/aromatic N) is 1. The maximum Gasteiger partial charge on any atom is 0.258 e. The van der Waals surface area contributed by atoms with Crippen LogP contribution in [0.3, 0.4) is 0 Å². The van der Waals surface area contributed by atoms with Crippen molar-refractivity contribution < 1.29 is 22.3 Å². The fourth-order valence-electron chi connectivity index (χ4n) is 2.73. The topological polar surface area (TPSA) is 75.7 Å². The summed E-state index contributed by atoms with van der Waals surface area (Å²) in [7, 11) is -1.91. The molecule has 1 aromatic rings. The van der Waals surface area contributed by atoms with E-state index in [-0.39, 0.29) is 24.1 Å². The van der Waals surface area contributed by atoms with Gasteiger partial charge in [0.1, 0.15) is 11.6 Å². The van der Waals surface area contributed by atoms with E-state index in [2.05, 4.69) is 4.72 Å². The molecule has 1 aromatic carbocycles. The summed E-state index contributed by atoms with van der Waals surface area (Å²) < 4.78 is 43.6. The normalized spacial score (nSPS) is 18.7. The van der Waals surface area contributed by atoms with Crippen LogP contribution in [0.4, 0.5) is 4.39 Å². The molecular formula is C15H21FN2O4S. The van der Waals surface area contributed by atoms with Crippen molar-refractivity contribution in [1.82, 2.24) is 9.62 Å². The summed E-state index contributed by atoms with van der Waals surface area (Å²) in [6.45, 7) is 0.664. The van der Waals surface area contributed by atoms with Crippen LogP contribution >= 0.6 is 0 Å². The van der Waals surface area contributed by atoms with Crippen LogP contribution in [-0.4, -0.2) is 51.7 Å². The third-order valence-corrected chi connectivity index (χ3v) is 4.55. The monoisotopic (exact) mass is 344 g/mol. The molecule has 1 atom stereocenters. The second-order valence-corrected chi connectivity index (χ2v) is 7.45. The molecule has 0 spiro atoms. The third kappa shape index (κ3) is 4.65. The van der Waals surface area contributed by atoms with Gasteiger partial charge in [-0.2, -0.15) is 0 Å². The Morgan fingerprint density at radius 1 is 1.43 bits per heavy atom. The molecule has 1 aliphatic rings. The van der Waals surface area contributed by atoms with Crippen molar-refractivity contribution in [3.8, 4) is 5.75 Å². The minimum atomic E-state index is -3.33. The van der Waals surface area contributed by atoms with Crippen molar-refractivity contribution in [1.29, 1.82) is 0 Å². The highest BCUT2D eigenvalue weighted by molar-refractivity contribution is 7.88. The Kier molecular flexibility index (Phi) is 5.59. The van der Waals surface area contributed by atoms with Gasteiger partial charge in [0.25, 0.3) is 5.91 Å². The molecule has 8 heteroatoms. The van der Waals surface area contributed by atoms with Crippen molar-refractivity contribution in [3.05, 3.63) is 29.6 Å². The lowest BCUT2D eigenvalue weighted by molar-refractivity contribution is 0.0615. The standard InChI is InChI=1S/C15H21FN2O4S/c1-22-14-7-6-11(16)9-13(14)15(19)18-8-4-3-5-12(18)10-17-23(2,20)21/h6-7,9,12,17H,3-5,8,10H2,1-2H3/t12-/m1/s1. The van der Waals surface area contributed by atoms with Crippen LogP contribution in [0.25, 0.3) is 0 Å². The Morgan fingerprint density at radius 3 is 2.83 bits per heavy atom. The Balaban J connectivity index is 2.23. The Labute approximate surface area is 135 Å². The van der Waals surface area contributed by atoms with Gasteiger partial charge in [-0.05, 0) is 37.5 Å². The fourth-order valence-corrected chi connectivity index (χ4v) is 3.22. The number of hydrogen-bond acceptors (Lipinski definition) is 4. The minimum absolute atomic E-state index is 0.152. The summed E-state index contributed by atoms with van der Waals surface area (Å²) in [4.78, 5) is 14.4. The first-order valence-corrected chi connectivity index (χ1v) is 9.30. The van der Waals surface area contributed by atoms with E-state index in [0.29, 0.717) is 18.7 Å². The molecule has 0 unspecified atom stereocenters. The second kappa shape index (κ2) is 7.27. The van der Waals surface area contributed by atoms with Crippen molar-refractivity contribution in [2.45, 2.75) is 25.3 Å². The molecule has 0 aliphatic carbocycles. The Morgan fingerprint density at radius 2 is 2.17 bits per heavy atom. The summed E-state index contributed by atoms with van der Waals surface area (Å²) in [5.74, 6) is -0.560. The number of methoxy groups -OCH3 is 1. The first-order valence-electron chi connectivity index (χ1n) is 7.41. The van der Waals surface area contributed by atoms with E-state index in [1.165, 1.54) is 19.2 Å². The molecule has 1 N–H and O–H groups in total. The van der Waals surface area contributed by atoms with Gasteiger partial charge in [-0.15, -0.1) is 0 Å². The van der Waals surface area contributed by atoms with E-state index in [1.54, 1.807) is 4.90 Å². The average Bonchev–Trinajstić information content (AvgIpc) is 2.52. The molecule has 128 valence electrons. The number of amides is 1. The molecule has 23 heavy (non-hydrogen) atoms. The molecular weight excluding hydrogens is 323 g/mol. The van der Waals surface area contributed by atoms with Crippen LogP contribution in [0, 0.1) is 5.82 Å². The molecule has 2 rings (SSSR count). The zero-order chi connectivity index (χ0) is 17.0. The highest BCUT2D eigenvalue weighted by Gasteiger charge is 2.29. The molecule has 1 saturated heterocycles. The smallest absolute Gasteiger partial charge is 0.258 e. The van der Waals surface area contributed by atoms with Gasteiger partial charge in [-0.25, -0.2) is 17.5 Å². The number of halogens is 1. The van der Waals surface area contributed by atoms with Crippen LogP contribution < -0.4 is 9.46 Å². The SMILES string of the molecule is COc1ccc(F)cc1C(=O)N1CCCC[C@@H]1CNS(C)(=O)=O. The van der Waals surface area contributed by atoms with Gasteiger partial charge in [0.05, 0.1) is 18.9 Å². The minimum Gasteiger partial charge on any atom is -0.496 e. The van der Waals surface area contributed by atoms with Gasteiger partial charge in [0.15, 0.2) is 0 Å². The highest BCUT2D eigenvalue weighted by atomic mass is 32.2. The van der Waals surface area contributed by atoms with Crippen molar-refractivity contribution in [2.75, 3.05) is 26.5 Å². The number of nitrogens with one attached hydrogen (secondary N) is 1. The van der Waals surface area contributed by atoms with Gasteiger partial charge in [0, 0.05) is 19.1 Å². The lowest BCUT2D eigenvalue weighted by atomic mass is 10.0. The molecule has 1 aliphatic heterocycles. The molecule has 1 heterocycles. The first kappa shape index (κ1) is 17.7. The molecule has 0 aromatic heterocycles. The summed E-state index contributed by atoms with van der Waals surface area (Å²) in [6.07, 6.45) is 3.53. The second-order valence-electron chi connectivity index (χ2n) is 5.61. The Bertz CT molecular complexity index is 678. The van der Waals surface area contributed by atoms with Gasteiger partial charge in [0.2, 0.25) is 10.0 Å². The fraction of sp³-hybridized carbons (Fsp3) is 0.533. The summed E-state index contributed by atoms with van der Waals surface area (Å²) in [5.41, 5.74) is 0.152. The number of carbonyl (C=O) groups is 1. The quantitative estimate of drug-likeness (QED) is 0.875. The number of piperidine rings is 1. The molecule has 0 radical (unpaired) electrons. The number of benzene rings is 1. The molecule has 0 bridgehead atoms. The number of sulfonamides is 1. The average molecular weight is 344 g/mol. The van der Waals surface area contributed by atoms with Crippen LogP contribution in [0.2, 0.25) is 0 Å². The number of carbonyl (C=O) groups excluding carboxylic acids is 1. The first-order chi connectivity index (χ1) is 10.8. The van der Waals surface area contributed by atoms with Gasteiger partial charge in [-0.3, -0.25) is 4.79 Å². The number of rotatable bonds is 5. The summed E-state index contributed by atoms with van der Waals surface area (Å²) in [6, 6.07) is 3.54. The molecule has 1 amide bonds. The van der Waals surface area contributed by atoms with Gasteiger partial charge in [-0.1, -0.05) is 0 Å². The van der Waals surface area contributed by atoms with E-state index in [9.17, 15) is 17.6 Å². The molecule has 1 fully saturated rings. The number of hydrogen-bond donors (Lipinski definition) is 1. The van der Waals surface area contributed by atoms with Gasteiger partial charge < -0.3 is 9.64 Å². The molecule has 0 saturated carbocycles. The predicted octanol–water partition coefficient (Wildman–Crippen LogP) is 1.38. The third-order valence-electron chi connectivity index (χ3n) is 3.86. The zero-order valence-corrected chi connectivity index (χ0v) is 14.0. The largest absolute Gasteiger partial charge is 0.496 e. The van der Waals surface area contributed by atoms with Crippen molar-refractivity contribution >= 4 is 15.9 Å². The molecule has 6 nitrogen and oxygen atoms in total. The zero-order valence-electron chi connectivity index (χ0n) is 13.2. The van der Waals surface area contributed by atoms with Crippen LogP contribution in [0.1, 0.15) is 29.6 Å². The lowest BCUT2D eigenvalue weighted by Crippen LogP contribution is -2.49. The van der Waals surface area contributed by atoms with E-state index in [1.807, 2.05) is 0 Å². The predicted molar refractivity (Wildman–Crippen MR) is 84.5 cm³/mol. The van der Waals surface area contributed by atoms with E-state index < -0.39 is 15.8 Å². The van der Waals surface area contributed by atoms with Crippen LogP contribution in [0.15, 0.2) is 18.2 Å². The van der Waals surface area contributed by atoms with Crippen LogP contribution in [0.5, 0.6) is 5.75 Å². The van der Waals surface area contributed by atoms with Gasteiger partial charge >= 0.3 is 0 Å². The van der Waals surface area contributed by atoms with Crippen molar-refractivity contribution in [3.63, 3.8) is 0 Å². The maximum absolute atomic E-state index is 13.5. The Hall–Kier alpha value is -1.67. The summed E-state index contributed by atoms with van der Waals surface area (Å²) in [5, 5.41) is 0. The van der Waals surface area contributed by atoms with E-state index in [0.717, 1.165) is 25.2 Å². The van der Waals surface area contributed by atoms with E-state index in [4.69, 9.17) is 4.74 Å².